The number of sulfone groups is 1. The lowest BCUT2D eigenvalue weighted by molar-refractivity contribution is 0.223. The topological polar surface area (TPSA) is 55.8 Å². The van der Waals surface area contributed by atoms with Crippen molar-refractivity contribution in [1.29, 1.82) is 0 Å². The second-order valence-corrected chi connectivity index (χ2v) is 11.3. The average molecular weight is 490 g/mol. The molecule has 5 nitrogen and oxygen atoms in total. The number of hydrogen-bond donors (Lipinski definition) is 0. The molecule has 0 fully saturated rings. The van der Waals surface area contributed by atoms with Crippen molar-refractivity contribution in [3.63, 3.8) is 0 Å². The third-order valence-corrected chi connectivity index (χ3v) is 9.24. The fourth-order valence-corrected chi connectivity index (χ4v) is 6.77. The standard InChI is InChI=1S/C28H43NO4S/c1-6-10-20-28(19-7-2,34(30,31)27-17-15-25(32-5)16-18-27)23-24-11-13-26(14-12-24)33-22-21-29(8-3)9-4/h11-18H,6-10,19-23H2,1-5H3. The molecule has 2 aromatic carbocycles. The molecule has 0 saturated carbocycles. The molecule has 1 atom stereocenters. The van der Waals surface area contributed by atoms with Gasteiger partial charge in [0, 0.05) is 6.54 Å². The van der Waals surface area contributed by atoms with Gasteiger partial charge in [-0.2, -0.15) is 0 Å². The van der Waals surface area contributed by atoms with Gasteiger partial charge in [0.1, 0.15) is 18.1 Å². The first-order valence-electron chi connectivity index (χ1n) is 12.7. The number of benzene rings is 2. The fourth-order valence-electron chi connectivity index (χ4n) is 4.53. The van der Waals surface area contributed by atoms with Crippen LogP contribution in [0, 0.1) is 0 Å². The molecule has 0 spiro atoms. The van der Waals surface area contributed by atoms with Gasteiger partial charge in [-0.15, -0.1) is 0 Å². The van der Waals surface area contributed by atoms with E-state index in [1.807, 2.05) is 24.3 Å². The Morgan fingerprint density at radius 1 is 0.824 bits per heavy atom. The number of ether oxygens (including phenoxy) is 2. The summed E-state index contributed by atoms with van der Waals surface area (Å²) in [6.45, 7) is 12.0. The Kier molecular flexibility index (Phi) is 11.4. The summed E-state index contributed by atoms with van der Waals surface area (Å²) in [6, 6.07) is 14.8. The Bertz CT molecular complexity index is 937. The Labute approximate surface area is 207 Å². The molecule has 1 unspecified atom stereocenters. The number of likely N-dealkylation sites (N-methyl/N-ethyl adjacent to an activating group) is 1. The first kappa shape index (κ1) is 28.2. The summed E-state index contributed by atoms with van der Waals surface area (Å²) in [5.74, 6) is 1.48. The highest BCUT2D eigenvalue weighted by atomic mass is 32.2. The zero-order valence-corrected chi connectivity index (χ0v) is 22.5. The molecule has 0 aromatic heterocycles. The molecule has 6 heteroatoms. The number of methoxy groups -OCH3 is 1. The fraction of sp³-hybridized carbons (Fsp3) is 0.571. The first-order valence-corrected chi connectivity index (χ1v) is 14.2. The van der Waals surface area contributed by atoms with E-state index >= 15 is 0 Å². The largest absolute Gasteiger partial charge is 0.497 e. The molecule has 0 heterocycles. The van der Waals surface area contributed by atoms with Crippen LogP contribution in [0.5, 0.6) is 11.5 Å². The van der Waals surface area contributed by atoms with Gasteiger partial charge in [0.2, 0.25) is 0 Å². The van der Waals surface area contributed by atoms with Gasteiger partial charge in [0.15, 0.2) is 9.84 Å². The molecule has 0 amide bonds. The van der Waals surface area contributed by atoms with Crippen molar-refractivity contribution in [3.8, 4) is 11.5 Å². The third-order valence-electron chi connectivity index (χ3n) is 6.65. The van der Waals surface area contributed by atoms with E-state index in [9.17, 15) is 8.42 Å². The van der Waals surface area contributed by atoms with E-state index in [2.05, 4.69) is 32.6 Å². The van der Waals surface area contributed by atoms with E-state index < -0.39 is 14.6 Å². The van der Waals surface area contributed by atoms with Gasteiger partial charge >= 0.3 is 0 Å². The van der Waals surface area contributed by atoms with Crippen LogP contribution in [0.1, 0.15) is 65.4 Å². The van der Waals surface area contributed by atoms with E-state index in [0.717, 1.165) is 50.2 Å². The predicted molar refractivity (Wildman–Crippen MR) is 141 cm³/mol. The summed E-state index contributed by atoms with van der Waals surface area (Å²) in [5, 5.41) is 0. The molecule has 2 aromatic rings. The highest BCUT2D eigenvalue weighted by molar-refractivity contribution is 7.92. The zero-order chi connectivity index (χ0) is 25.0. The Morgan fingerprint density at radius 3 is 1.97 bits per heavy atom. The zero-order valence-electron chi connectivity index (χ0n) is 21.7. The van der Waals surface area contributed by atoms with Gasteiger partial charge in [-0.25, -0.2) is 8.42 Å². The number of nitrogens with zero attached hydrogens (tertiary/aromatic N) is 1. The van der Waals surface area contributed by atoms with Crippen LogP contribution in [0.4, 0.5) is 0 Å². The molecular formula is C28H43NO4S. The van der Waals surface area contributed by atoms with Crippen LogP contribution in [-0.2, 0) is 16.3 Å². The SMILES string of the molecule is CCCCC(CCC)(Cc1ccc(OCCN(CC)CC)cc1)S(=O)(=O)c1ccc(OC)cc1. The van der Waals surface area contributed by atoms with Gasteiger partial charge in [-0.05, 0) is 74.3 Å². The molecular weight excluding hydrogens is 446 g/mol. The van der Waals surface area contributed by atoms with E-state index in [4.69, 9.17) is 9.47 Å². The number of rotatable bonds is 16. The van der Waals surface area contributed by atoms with Gasteiger partial charge < -0.3 is 14.4 Å². The second-order valence-electron chi connectivity index (χ2n) is 8.91. The summed E-state index contributed by atoms with van der Waals surface area (Å²) in [5.41, 5.74) is 1.03. The van der Waals surface area contributed by atoms with E-state index in [0.29, 0.717) is 36.5 Å². The monoisotopic (exact) mass is 489 g/mol. The Hall–Kier alpha value is -2.05. The van der Waals surface area contributed by atoms with Gasteiger partial charge in [0.05, 0.1) is 16.8 Å². The minimum Gasteiger partial charge on any atom is -0.497 e. The molecule has 190 valence electrons. The van der Waals surface area contributed by atoms with Gasteiger partial charge in [0.25, 0.3) is 0 Å². The lowest BCUT2D eigenvalue weighted by Crippen LogP contribution is -2.41. The summed E-state index contributed by atoms with van der Waals surface area (Å²) >= 11 is 0. The highest BCUT2D eigenvalue weighted by Gasteiger charge is 2.43. The van der Waals surface area contributed by atoms with Crippen molar-refractivity contribution < 1.29 is 17.9 Å². The number of unbranched alkanes of at least 4 members (excludes halogenated alkanes) is 1. The van der Waals surface area contributed by atoms with Crippen molar-refractivity contribution in [2.75, 3.05) is 33.4 Å². The molecule has 0 bridgehead atoms. The Morgan fingerprint density at radius 2 is 1.44 bits per heavy atom. The lowest BCUT2D eigenvalue weighted by atomic mass is 9.89. The van der Waals surface area contributed by atoms with E-state index in [1.54, 1.807) is 31.4 Å². The highest BCUT2D eigenvalue weighted by Crippen LogP contribution is 2.38. The van der Waals surface area contributed by atoms with Crippen molar-refractivity contribution in [2.24, 2.45) is 0 Å². The van der Waals surface area contributed by atoms with Crippen LogP contribution in [0.25, 0.3) is 0 Å². The summed E-state index contributed by atoms with van der Waals surface area (Å²) in [7, 11) is -1.97. The van der Waals surface area contributed by atoms with Crippen molar-refractivity contribution >= 4 is 9.84 Å². The number of hydrogen-bond acceptors (Lipinski definition) is 5. The maximum absolute atomic E-state index is 14.0. The first-order chi connectivity index (χ1) is 16.4. The molecule has 2 rings (SSSR count). The molecule has 0 aliphatic carbocycles. The molecule has 0 saturated heterocycles. The molecule has 34 heavy (non-hydrogen) atoms. The Balaban J connectivity index is 2.28. The predicted octanol–water partition coefficient (Wildman–Crippen LogP) is 6.16. The van der Waals surface area contributed by atoms with E-state index in [-0.39, 0.29) is 0 Å². The van der Waals surface area contributed by atoms with E-state index in [1.165, 1.54) is 0 Å². The van der Waals surface area contributed by atoms with Crippen LogP contribution >= 0.6 is 0 Å². The lowest BCUT2D eigenvalue weighted by Gasteiger charge is -2.34. The van der Waals surface area contributed by atoms with Crippen LogP contribution in [0.3, 0.4) is 0 Å². The minimum atomic E-state index is -3.55. The molecule has 0 aliphatic heterocycles. The van der Waals surface area contributed by atoms with Crippen LogP contribution < -0.4 is 9.47 Å². The third kappa shape index (κ3) is 7.22. The summed E-state index contributed by atoms with van der Waals surface area (Å²) in [6.07, 6.45) is 4.42. The quantitative estimate of drug-likeness (QED) is 0.283. The van der Waals surface area contributed by atoms with Crippen molar-refractivity contribution in [3.05, 3.63) is 54.1 Å². The maximum Gasteiger partial charge on any atom is 0.184 e. The van der Waals surface area contributed by atoms with Crippen molar-refractivity contribution in [2.45, 2.75) is 75.9 Å². The minimum absolute atomic E-state index is 0.370. The molecule has 0 N–H and O–H groups in total. The molecule has 0 aliphatic rings. The van der Waals surface area contributed by atoms with Crippen LogP contribution in [0.15, 0.2) is 53.4 Å². The molecule has 0 radical (unpaired) electrons. The van der Waals surface area contributed by atoms with Crippen molar-refractivity contribution in [1.82, 2.24) is 4.90 Å². The van der Waals surface area contributed by atoms with Crippen LogP contribution in [-0.4, -0.2) is 51.4 Å². The second kappa shape index (κ2) is 13.7. The normalized spacial score (nSPS) is 13.6. The average Bonchev–Trinajstić information content (AvgIpc) is 2.86. The van der Waals surface area contributed by atoms with Gasteiger partial charge in [-0.1, -0.05) is 59.1 Å². The maximum atomic E-state index is 14.0. The summed E-state index contributed by atoms with van der Waals surface area (Å²) < 4.78 is 38.3. The van der Waals surface area contributed by atoms with Gasteiger partial charge in [-0.3, -0.25) is 0 Å². The summed E-state index contributed by atoms with van der Waals surface area (Å²) in [4.78, 5) is 2.69. The van der Waals surface area contributed by atoms with Crippen LogP contribution in [0.2, 0.25) is 0 Å². The smallest absolute Gasteiger partial charge is 0.184 e.